The van der Waals surface area contributed by atoms with Gasteiger partial charge in [-0.3, -0.25) is 19.3 Å². The number of nitrogens with zero attached hydrogens (tertiary/aromatic N) is 2. The molecule has 0 bridgehead atoms. The number of piperidine rings is 1. The first-order valence-electron chi connectivity index (χ1n) is 12.3. The second kappa shape index (κ2) is 10.5. The zero-order chi connectivity index (χ0) is 25.9. The van der Waals surface area contributed by atoms with Gasteiger partial charge in [0.1, 0.15) is 12.1 Å². The molecule has 2 aromatic rings. The molecular formula is C27H33N5O4. The fourth-order valence-corrected chi connectivity index (χ4v) is 4.75. The first-order valence-corrected chi connectivity index (χ1v) is 12.3. The van der Waals surface area contributed by atoms with Gasteiger partial charge >= 0.3 is 6.03 Å². The summed E-state index contributed by atoms with van der Waals surface area (Å²) in [4.78, 5) is 52.8. The number of likely N-dealkylation sites (tertiary alicyclic amines) is 1. The topological polar surface area (TPSA) is 125 Å². The van der Waals surface area contributed by atoms with Crippen LogP contribution in [0.4, 0.5) is 10.5 Å². The Morgan fingerprint density at radius 3 is 2.31 bits per heavy atom. The lowest BCUT2D eigenvalue weighted by Crippen LogP contribution is -2.42. The highest BCUT2D eigenvalue weighted by Crippen LogP contribution is 2.29. The summed E-state index contributed by atoms with van der Waals surface area (Å²) in [5.74, 6) is -1.12. The Morgan fingerprint density at radius 1 is 1.06 bits per heavy atom. The lowest BCUT2D eigenvalue weighted by molar-refractivity contribution is -0.133. The molecule has 2 aliphatic heterocycles. The number of carbonyl (C=O) groups is 4. The monoisotopic (exact) mass is 491 g/mol. The molecule has 2 aromatic carbocycles. The Hall–Kier alpha value is -3.72. The third-order valence-corrected chi connectivity index (χ3v) is 7.15. The van der Waals surface area contributed by atoms with Gasteiger partial charge in [-0.2, -0.15) is 0 Å². The fraction of sp³-hybridized carbons (Fsp3) is 0.407. The standard InChI is InChI=1S/C27H33N5O4/c1-18-3-7-21(8-4-18)27(2)25(35)32(26(36)30-27)17-23(33)29-22-9-5-19(6-10-22)11-14-31-15-12-20(13-16-31)24(28)34/h3-10,20H,11-17H2,1-2H3,(H2,28,34)(H,29,33)(H,30,36). The highest BCUT2D eigenvalue weighted by molar-refractivity contribution is 6.10. The highest BCUT2D eigenvalue weighted by atomic mass is 16.2. The Morgan fingerprint density at radius 2 is 1.69 bits per heavy atom. The van der Waals surface area contributed by atoms with E-state index in [0.717, 1.165) is 54.9 Å². The van der Waals surface area contributed by atoms with Gasteiger partial charge in [0.2, 0.25) is 11.8 Å². The zero-order valence-corrected chi connectivity index (χ0v) is 20.8. The molecule has 2 fully saturated rings. The lowest BCUT2D eigenvalue weighted by atomic mass is 9.91. The van der Waals surface area contributed by atoms with Crippen molar-refractivity contribution in [1.29, 1.82) is 0 Å². The normalized spacial score (nSPS) is 20.9. The van der Waals surface area contributed by atoms with Crippen LogP contribution in [-0.2, 0) is 26.3 Å². The van der Waals surface area contributed by atoms with Crippen LogP contribution in [0.15, 0.2) is 48.5 Å². The van der Waals surface area contributed by atoms with Gasteiger partial charge in [0.15, 0.2) is 0 Å². The Balaban J connectivity index is 1.28. The van der Waals surface area contributed by atoms with Crippen molar-refractivity contribution in [2.45, 2.75) is 38.6 Å². The molecule has 2 aliphatic rings. The average molecular weight is 492 g/mol. The minimum absolute atomic E-state index is 0.0116. The zero-order valence-electron chi connectivity index (χ0n) is 20.8. The molecule has 2 saturated heterocycles. The van der Waals surface area contributed by atoms with E-state index in [9.17, 15) is 19.2 Å². The number of carbonyl (C=O) groups excluding carboxylic acids is 4. The molecule has 0 saturated carbocycles. The number of primary amides is 1. The second-order valence-corrected chi connectivity index (χ2v) is 9.83. The van der Waals surface area contributed by atoms with Crippen LogP contribution in [0.25, 0.3) is 0 Å². The van der Waals surface area contributed by atoms with Gasteiger partial charge in [0.05, 0.1) is 0 Å². The van der Waals surface area contributed by atoms with Gasteiger partial charge in [-0.25, -0.2) is 4.79 Å². The largest absolute Gasteiger partial charge is 0.369 e. The molecule has 9 nitrogen and oxygen atoms in total. The van der Waals surface area contributed by atoms with Gasteiger partial charge in [-0.1, -0.05) is 42.0 Å². The number of hydrogen-bond donors (Lipinski definition) is 3. The van der Waals surface area contributed by atoms with Crippen LogP contribution in [0.3, 0.4) is 0 Å². The van der Waals surface area contributed by atoms with E-state index in [1.807, 2.05) is 55.5 Å². The number of anilines is 1. The van der Waals surface area contributed by atoms with Crippen molar-refractivity contribution in [2.24, 2.45) is 11.7 Å². The molecule has 0 radical (unpaired) electrons. The van der Waals surface area contributed by atoms with Crippen LogP contribution in [0.5, 0.6) is 0 Å². The lowest BCUT2D eigenvalue weighted by Gasteiger charge is -2.30. The van der Waals surface area contributed by atoms with Gasteiger partial charge in [0.25, 0.3) is 5.91 Å². The third-order valence-electron chi connectivity index (χ3n) is 7.15. The summed E-state index contributed by atoms with van der Waals surface area (Å²) < 4.78 is 0. The summed E-state index contributed by atoms with van der Waals surface area (Å²) in [5.41, 5.74) is 7.64. The van der Waals surface area contributed by atoms with Gasteiger partial charge in [-0.15, -0.1) is 0 Å². The maximum atomic E-state index is 13.0. The van der Waals surface area contributed by atoms with Crippen LogP contribution in [0.1, 0.15) is 36.5 Å². The van der Waals surface area contributed by atoms with Crippen LogP contribution in [0.2, 0.25) is 0 Å². The summed E-state index contributed by atoms with van der Waals surface area (Å²) in [6, 6.07) is 14.3. The van der Waals surface area contributed by atoms with Crippen LogP contribution in [-0.4, -0.2) is 59.7 Å². The number of rotatable bonds is 8. The highest BCUT2D eigenvalue weighted by Gasteiger charge is 2.49. The van der Waals surface area contributed by atoms with E-state index in [1.54, 1.807) is 6.92 Å². The van der Waals surface area contributed by atoms with Crippen molar-refractivity contribution < 1.29 is 19.2 Å². The summed E-state index contributed by atoms with van der Waals surface area (Å²) in [5, 5.41) is 5.49. The number of nitrogens with one attached hydrogen (secondary N) is 2. The number of urea groups is 1. The first kappa shape index (κ1) is 25.4. The molecule has 4 rings (SSSR count). The maximum Gasteiger partial charge on any atom is 0.325 e. The van der Waals surface area contributed by atoms with Crippen molar-refractivity contribution in [3.63, 3.8) is 0 Å². The average Bonchev–Trinajstić information content (AvgIpc) is 3.08. The van der Waals surface area contributed by atoms with E-state index >= 15 is 0 Å². The van der Waals surface area contributed by atoms with E-state index in [-0.39, 0.29) is 18.4 Å². The minimum atomic E-state index is -1.21. The van der Waals surface area contributed by atoms with E-state index in [2.05, 4.69) is 15.5 Å². The second-order valence-electron chi connectivity index (χ2n) is 9.83. The van der Waals surface area contributed by atoms with E-state index in [0.29, 0.717) is 11.3 Å². The predicted molar refractivity (Wildman–Crippen MR) is 136 cm³/mol. The van der Waals surface area contributed by atoms with E-state index in [4.69, 9.17) is 5.73 Å². The molecule has 0 aliphatic carbocycles. The van der Waals surface area contributed by atoms with E-state index in [1.165, 1.54) is 0 Å². The number of nitrogens with two attached hydrogens (primary N) is 1. The number of imide groups is 1. The third kappa shape index (κ3) is 5.57. The summed E-state index contributed by atoms with van der Waals surface area (Å²) in [7, 11) is 0. The maximum absolute atomic E-state index is 13.0. The molecule has 1 unspecified atom stereocenters. The SMILES string of the molecule is Cc1ccc(C2(C)NC(=O)N(CC(=O)Nc3ccc(CCN4CCC(C(N)=O)CC4)cc3)C2=O)cc1. The van der Waals surface area contributed by atoms with Gasteiger partial charge in [0, 0.05) is 18.2 Å². The number of amides is 5. The molecular weight excluding hydrogens is 458 g/mol. The van der Waals surface area contributed by atoms with E-state index < -0.39 is 23.4 Å². The van der Waals surface area contributed by atoms with Gasteiger partial charge in [-0.05, 0) is 69.5 Å². The molecule has 9 heteroatoms. The minimum Gasteiger partial charge on any atom is -0.369 e. The Kier molecular flexibility index (Phi) is 7.40. The van der Waals surface area contributed by atoms with Crippen LogP contribution < -0.4 is 16.4 Å². The van der Waals surface area contributed by atoms with Crippen LogP contribution in [0, 0.1) is 12.8 Å². The summed E-state index contributed by atoms with van der Waals surface area (Å²) in [6.45, 7) is 5.86. The summed E-state index contributed by atoms with van der Waals surface area (Å²) in [6.07, 6.45) is 2.47. The number of benzene rings is 2. The molecule has 2 heterocycles. The van der Waals surface area contributed by atoms with Crippen molar-refractivity contribution >= 4 is 29.4 Å². The molecule has 0 spiro atoms. The molecule has 4 N–H and O–H groups in total. The number of aryl methyl sites for hydroxylation is 1. The molecule has 0 aromatic heterocycles. The predicted octanol–water partition coefficient (Wildman–Crippen LogP) is 2.14. The molecule has 190 valence electrons. The smallest absolute Gasteiger partial charge is 0.325 e. The molecule has 5 amide bonds. The Labute approximate surface area is 211 Å². The fourth-order valence-electron chi connectivity index (χ4n) is 4.75. The van der Waals surface area contributed by atoms with Crippen molar-refractivity contribution in [3.05, 3.63) is 65.2 Å². The van der Waals surface area contributed by atoms with Crippen molar-refractivity contribution in [2.75, 3.05) is 31.5 Å². The quantitative estimate of drug-likeness (QED) is 0.488. The van der Waals surface area contributed by atoms with Crippen molar-refractivity contribution in [1.82, 2.24) is 15.1 Å². The Bertz CT molecular complexity index is 1140. The first-order chi connectivity index (χ1) is 17.2. The van der Waals surface area contributed by atoms with Gasteiger partial charge < -0.3 is 21.3 Å². The number of hydrogen-bond acceptors (Lipinski definition) is 5. The molecule has 36 heavy (non-hydrogen) atoms. The van der Waals surface area contributed by atoms with Crippen LogP contribution >= 0.6 is 0 Å². The summed E-state index contributed by atoms with van der Waals surface area (Å²) >= 11 is 0. The van der Waals surface area contributed by atoms with Crippen molar-refractivity contribution in [3.8, 4) is 0 Å². The molecule has 1 atom stereocenters.